The van der Waals surface area contributed by atoms with Crippen molar-refractivity contribution < 1.29 is 80.2 Å². The summed E-state index contributed by atoms with van der Waals surface area (Å²) in [5.41, 5.74) is 0. The van der Waals surface area contributed by atoms with Gasteiger partial charge < -0.3 is 33.8 Å². The van der Waals surface area contributed by atoms with E-state index in [4.69, 9.17) is 37.0 Å². The van der Waals surface area contributed by atoms with Crippen molar-refractivity contribution in [3.05, 3.63) is 207 Å². The maximum atomic E-state index is 13.1. The van der Waals surface area contributed by atoms with Gasteiger partial charge >= 0.3 is 39.5 Å². The Labute approximate surface area is 627 Å². The van der Waals surface area contributed by atoms with Gasteiger partial charge in [-0.15, -0.1) is 0 Å². The molecule has 584 valence electrons. The third-order valence-corrected chi connectivity index (χ3v) is 16.7. The van der Waals surface area contributed by atoms with Crippen LogP contribution in [0.2, 0.25) is 0 Å². The van der Waals surface area contributed by atoms with E-state index in [9.17, 15) is 43.2 Å². The van der Waals surface area contributed by atoms with Crippen molar-refractivity contribution in [2.45, 2.75) is 264 Å². The summed E-state index contributed by atoms with van der Waals surface area (Å²) in [5, 5.41) is 10.6. The minimum atomic E-state index is -5.02. The van der Waals surface area contributed by atoms with Crippen LogP contribution in [0.25, 0.3) is 0 Å². The lowest BCUT2D eigenvalue weighted by molar-refractivity contribution is -0.161. The molecule has 0 radical (unpaired) electrons. The Balaban J connectivity index is 5.51. The van der Waals surface area contributed by atoms with Crippen molar-refractivity contribution in [3.63, 3.8) is 0 Å². The first-order chi connectivity index (χ1) is 50.7. The topological polar surface area (TPSA) is 237 Å². The SMILES string of the molecule is CC/C=C\C/C=C\C/C=C\C/C=C\C/C=C\C/C=C\CCC(=O)OCC(COP(=O)(O)OCC(O)COP(=O)(O)OCC(COC(=O)CC/C=C\C/C=C\C/C=C\C/C=C\C/C=C\C/C=C\CC)OC(=O)CCCCCCC/C=C\CCCC)OC(=O)CCCC/C=C\C/C=C\C/C=C\C/C=C\CC. The van der Waals surface area contributed by atoms with Crippen molar-refractivity contribution in [2.24, 2.45) is 0 Å². The first-order valence-electron chi connectivity index (χ1n) is 38.3. The van der Waals surface area contributed by atoms with E-state index in [1.165, 1.54) is 6.42 Å². The monoisotopic (exact) mass is 1490 g/mol. The number of unbranched alkanes of at least 4 members (excludes halogenated alkanes) is 9. The minimum Gasteiger partial charge on any atom is -0.462 e. The number of phosphoric acid groups is 2. The molecule has 17 nitrogen and oxygen atoms in total. The molecule has 0 aromatic carbocycles. The molecule has 0 aliphatic heterocycles. The van der Waals surface area contributed by atoms with Gasteiger partial charge in [0.05, 0.1) is 26.4 Å². The van der Waals surface area contributed by atoms with Crippen LogP contribution < -0.4 is 0 Å². The Bertz CT molecular complexity index is 2790. The van der Waals surface area contributed by atoms with Gasteiger partial charge in [-0.25, -0.2) is 9.13 Å². The second-order valence-electron chi connectivity index (χ2n) is 24.4. The molecule has 5 unspecified atom stereocenters. The van der Waals surface area contributed by atoms with Gasteiger partial charge in [0, 0.05) is 25.7 Å². The average molecular weight is 1490 g/mol. The zero-order chi connectivity index (χ0) is 76.0. The Morgan fingerprint density at radius 1 is 0.279 bits per heavy atom. The van der Waals surface area contributed by atoms with E-state index in [0.29, 0.717) is 44.9 Å². The van der Waals surface area contributed by atoms with Gasteiger partial charge in [0.2, 0.25) is 0 Å². The van der Waals surface area contributed by atoms with Gasteiger partial charge in [-0.05, 0) is 161 Å². The Hall–Kier alpha value is -6.36. The molecule has 0 aromatic rings. The molecule has 0 aliphatic carbocycles. The molecule has 3 N–H and O–H groups in total. The lowest BCUT2D eigenvalue weighted by Gasteiger charge is -2.21. The lowest BCUT2D eigenvalue weighted by Crippen LogP contribution is -2.30. The summed E-state index contributed by atoms with van der Waals surface area (Å²) in [6.07, 6.45) is 92.9. The normalized spacial score (nSPS) is 15.0. The van der Waals surface area contributed by atoms with E-state index in [2.05, 4.69) is 192 Å². The van der Waals surface area contributed by atoms with E-state index in [-0.39, 0.29) is 25.7 Å². The summed E-state index contributed by atoms with van der Waals surface area (Å²) in [6.45, 7) is 4.20. The van der Waals surface area contributed by atoms with Crippen LogP contribution in [-0.4, -0.2) is 96.7 Å². The van der Waals surface area contributed by atoms with Crippen molar-refractivity contribution in [3.8, 4) is 0 Å². The quantitative estimate of drug-likeness (QED) is 0.0169. The number of carbonyl (C=O) groups is 4. The van der Waals surface area contributed by atoms with Crippen molar-refractivity contribution in [1.29, 1.82) is 0 Å². The molecule has 0 amide bonds. The second kappa shape index (κ2) is 74.9. The highest BCUT2D eigenvalue weighted by molar-refractivity contribution is 7.47. The molecule has 0 rings (SSSR count). The van der Waals surface area contributed by atoms with Crippen LogP contribution in [0.3, 0.4) is 0 Å². The second-order valence-corrected chi connectivity index (χ2v) is 27.3. The highest BCUT2D eigenvalue weighted by atomic mass is 31.2. The van der Waals surface area contributed by atoms with Gasteiger partial charge in [-0.2, -0.15) is 0 Å². The van der Waals surface area contributed by atoms with E-state index >= 15 is 0 Å². The van der Waals surface area contributed by atoms with E-state index in [1.54, 1.807) is 0 Å². The molecule has 0 aliphatic rings. The summed E-state index contributed by atoms with van der Waals surface area (Å²) in [6, 6.07) is 0. The van der Waals surface area contributed by atoms with E-state index in [1.807, 2.05) is 42.5 Å². The Kier molecular flexibility index (Phi) is 70.3. The zero-order valence-corrected chi connectivity index (χ0v) is 65.4. The van der Waals surface area contributed by atoms with Gasteiger partial charge in [0.1, 0.15) is 19.3 Å². The maximum Gasteiger partial charge on any atom is 0.472 e. The van der Waals surface area contributed by atoms with E-state index in [0.717, 1.165) is 141 Å². The number of aliphatic hydroxyl groups is 1. The molecule has 0 spiro atoms. The van der Waals surface area contributed by atoms with Gasteiger partial charge in [0.15, 0.2) is 12.2 Å². The van der Waals surface area contributed by atoms with E-state index < -0.39 is 97.5 Å². The van der Waals surface area contributed by atoms with Crippen LogP contribution in [0.1, 0.15) is 246 Å². The third-order valence-electron chi connectivity index (χ3n) is 14.8. The number of phosphoric ester groups is 2. The predicted molar refractivity (Wildman–Crippen MR) is 426 cm³/mol. The summed E-state index contributed by atoms with van der Waals surface area (Å²) in [5.74, 6) is -2.46. The fourth-order valence-electron chi connectivity index (χ4n) is 9.01. The van der Waals surface area contributed by atoms with Gasteiger partial charge in [0.25, 0.3) is 0 Å². The van der Waals surface area contributed by atoms with Crippen LogP contribution in [0, 0.1) is 0 Å². The molecule has 19 heteroatoms. The smallest absolute Gasteiger partial charge is 0.462 e. The number of hydrogen-bond donors (Lipinski definition) is 3. The van der Waals surface area contributed by atoms with Crippen molar-refractivity contribution in [2.75, 3.05) is 39.6 Å². The molecule has 0 heterocycles. The largest absolute Gasteiger partial charge is 0.472 e. The van der Waals surface area contributed by atoms with Gasteiger partial charge in [-0.1, -0.05) is 266 Å². The predicted octanol–water partition coefficient (Wildman–Crippen LogP) is 22.3. The zero-order valence-electron chi connectivity index (χ0n) is 63.6. The number of ether oxygens (including phenoxy) is 4. The molecule has 0 fully saturated rings. The summed E-state index contributed by atoms with van der Waals surface area (Å²) >= 11 is 0. The molecule has 104 heavy (non-hydrogen) atoms. The average Bonchev–Trinajstić information content (AvgIpc) is 0.929. The fourth-order valence-corrected chi connectivity index (χ4v) is 10.6. The molecule has 0 aromatic heterocycles. The van der Waals surface area contributed by atoms with Gasteiger partial charge in [-0.3, -0.25) is 37.3 Å². The van der Waals surface area contributed by atoms with Crippen LogP contribution in [0.4, 0.5) is 0 Å². The third kappa shape index (κ3) is 73.9. The molecule has 0 saturated heterocycles. The highest BCUT2D eigenvalue weighted by Crippen LogP contribution is 2.45. The molecular weight excluding hydrogens is 1350 g/mol. The number of esters is 4. The Morgan fingerprint density at radius 2 is 0.519 bits per heavy atom. The van der Waals surface area contributed by atoms with Crippen LogP contribution in [0.15, 0.2) is 207 Å². The molecule has 0 bridgehead atoms. The first-order valence-corrected chi connectivity index (χ1v) is 41.3. The van der Waals surface area contributed by atoms with Crippen molar-refractivity contribution >= 4 is 39.5 Å². The van der Waals surface area contributed by atoms with Crippen LogP contribution in [0.5, 0.6) is 0 Å². The standard InChI is InChI=1S/C85H132O17P2/c1-5-9-13-17-21-25-29-32-35-37-39-41-44-46-50-53-57-61-65-69-82(87)95-75-80(101-84(89)71-67-63-59-55-49-28-24-20-16-12-8-4)77-99-103(91,92)97-73-79(86)74-98-104(93,94)100-78-81(102-85(90)72-68-64-60-56-52-48-43-34-31-27-23-19-15-11-7-3)76-96-83(88)70-66-62-58-54-51-47-45-42-40-38-36-33-30-26-22-18-14-10-6-2/h9-11,13-15,20-27,32-36,39-43,46-47,50-52,56-58,61-62,79-81,86H,5-8,12,16-19,28-31,37-38,44-45,48-49,53-55,59-60,63-78H2,1-4H3,(H,91,92)(H,93,94)/b13-9-,14-10-,15-11-,24-20-,25-21-,26-22-,27-23-,35-32-,36-33-,41-39-,42-40-,43-34-,50-46-,51-47-,56-52-,61-57-,62-58-. The summed E-state index contributed by atoms with van der Waals surface area (Å²) in [4.78, 5) is 72.8. The Morgan fingerprint density at radius 3 is 0.837 bits per heavy atom. The van der Waals surface area contributed by atoms with Crippen LogP contribution in [-0.2, 0) is 65.4 Å². The number of aliphatic hydroxyl groups excluding tert-OH is 1. The highest BCUT2D eigenvalue weighted by Gasteiger charge is 2.30. The number of allylic oxidation sites excluding steroid dienone is 34. The minimum absolute atomic E-state index is 0.0160. The number of hydrogen-bond acceptors (Lipinski definition) is 15. The molecular formula is C85H132O17P2. The summed E-state index contributed by atoms with van der Waals surface area (Å²) in [7, 11) is -10.0. The first kappa shape index (κ1) is 97.6. The maximum absolute atomic E-state index is 13.1. The molecule has 0 saturated carbocycles. The molecule has 5 atom stereocenters. The fraction of sp³-hybridized carbons (Fsp3) is 0.553. The van der Waals surface area contributed by atoms with Crippen LogP contribution >= 0.6 is 15.6 Å². The lowest BCUT2D eigenvalue weighted by atomic mass is 10.1. The number of carbonyl (C=O) groups excluding carboxylic acids is 4. The number of rotatable bonds is 69. The summed E-state index contributed by atoms with van der Waals surface area (Å²) < 4.78 is 68.2. The van der Waals surface area contributed by atoms with Crippen molar-refractivity contribution in [1.82, 2.24) is 0 Å².